The smallest absolute Gasteiger partial charge is 0.314 e. The summed E-state index contributed by atoms with van der Waals surface area (Å²) in [5.74, 6) is -2.11. The molecule has 12 heteroatoms. The van der Waals surface area contributed by atoms with E-state index in [1.165, 1.54) is 17.2 Å². The van der Waals surface area contributed by atoms with Crippen molar-refractivity contribution < 1.29 is 27.2 Å². The molecule has 3 aromatic rings. The quantitative estimate of drug-likeness (QED) is 0.389. The van der Waals surface area contributed by atoms with Crippen LogP contribution in [0.1, 0.15) is 37.8 Å². The summed E-state index contributed by atoms with van der Waals surface area (Å²) in [5.41, 5.74) is -1.23. The van der Waals surface area contributed by atoms with E-state index >= 15 is 4.39 Å². The van der Waals surface area contributed by atoms with Crippen LogP contribution in [0.5, 0.6) is 0 Å². The van der Waals surface area contributed by atoms with Gasteiger partial charge in [0.25, 0.3) is 11.8 Å². The molecule has 0 aliphatic heterocycles. The summed E-state index contributed by atoms with van der Waals surface area (Å²) >= 11 is 0. The first-order valence-electron chi connectivity index (χ1n) is 11.6. The fraction of sp³-hybridized carbons (Fsp3) is 0.400. The normalized spacial score (nSPS) is 13.0. The molecule has 0 aliphatic carbocycles. The molecular formula is C25H29F3N6O3. The number of benzene rings is 1. The molecule has 1 atom stereocenters. The third kappa shape index (κ3) is 7.84. The Kier molecular flexibility index (Phi) is 9.34. The molecule has 9 nitrogen and oxygen atoms in total. The second-order valence-corrected chi connectivity index (χ2v) is 8.89. The Bertz CT molecular complexity index is 1170. The van der Waals surface area contributed by atoms with Gasteiger partial charge >= 0.3 is 6.43 Å². The lowest BCUT2D eigenvalue weighted by molar-refractivity contribution is -0.130. The molecule has 0 spiro atoms. The number of rotatable bonds is 12. The highest BCUT2D eigenvalue weighted by Crippen LogP contribution is 2.25. The lowest BCUT2D eigenvalue weighted by Crippen LogP contribution is -2.50. The van der Waals surface area contributed by atoms with Crippen LogP contribution in [0, 0.1) is 0 Å². The fourth-order valence-corrected chi connectivity index (χ4v) is 3.40. The zero-order valence-electron chi connectivity index (χ0n) is 20.8. The zero-order chi connectivity index (χ0) is 27.0. The molecular weight excluding hydrogens is 489 g/mol. The van der Waals surface area contributed by atoms with Gasteiger partial charge in [0.2, 0.25) is 17.5 Å². The SMILES string of the molecule is CN(C)CCCC(=O)NCC(C)(F)C(=O)N(Cc1ccc(-c2nnc(C(F)F)o2)cn1)c1ccccc1. The lowest BCUT2D eigenvalue weighted by atomic mass is 10.1. The van der Waals surface area contributed by atoms with E-state index < -0.39 is 30.4 Å². The summed E-state index contributed by atoms with van der Waals surface area (Å²) in [6, 6.07) is 11.6. The van der Waals surface area contributed by atoms with Crippen LogP contribution in [-0.2, 0) is 16.1 Å². The van der Waals surface area contributed by atoms with E-state index in [4.69, 9.17) is 4.42 Å². The van der Waals surface area contributed by atoms with Crippen LogP contribution >= 0.6 is 0 Å². The highest BCUT2D eigenvalue weighted by Gasteiger charge is 2.38. The first kappa shape index (κ1) is 27.8. The second-order valence-electron chi connectivity index (χ2n) is 8.89. The number of carbonyl (C=O) groups is 2. The molecule has 198 valence electrons. The third-order valence-electron chi connectivity index (χ3n) is 5.40. The van der Waals surface area contributed by atoms with Gasteiger partial charge in [0, 0.05) is 18.3 Å². The van der Waals surface area contributed by atoms with Crippen molar-refractivity contribution in [3.8, 4) is 11.5 Å². The van der Waals surface area contributed by atoms with Gasteiger partial charge in [0.1, 0.15) is 0 Å². The van der Waals surface area contributed by atoms with Crippen LogP contribution in [0.15, 0.2) is 53.1 Å². The molecule has 2 heterocycles. The molecule has 2 aromatic heterocycles. The van der Waals surface area contributed by atoms with Gasteiger partial charge in [0.05, 0.1) is 24.3 Å². The van der Waals surface area contributed by atoms with Crippen molar-refractivity contribution in [2.75, 3.05) is 32.1 Å². The Morgan fingerprint density at radius 2 is 1.84 bits per heavy atom. The van der Waals surface area contributed by atoms with Crippen LogP contribution < -0.4 is 10.2 Å². The molecule has 1 N–H and O–H groups in total. The molecule has 0 aliphatic rings. The van der Waals surface area contributed by atoms with Crippen LogP contribution in [0.2, 0.25) is 0 Å². The van der Waals surface area contributed by atoms with Gasteiger partial charge in [-0.15, -0.1) is 10.2 Å². The number of para-hydroxylation sites is 1. The van der Waals surface area contributed by atoms with E-state index in [2.05, 4.69) is 20.5 Å². The number of nitrogens with one attached hydrogen (secondary N) is 1. The van der Waals surface area contributed by atoms with Gasteiger partial charge in [-0.25, -0.2) is 4.39 Å². The summed E-state index contributed by atoms with van der Waals surface area (Å²) in [7, 11) is 3.79. The van der Waals surface area contributed by atoms with Crippen LogP contribution in [0.4, 0.5) is 18.9 Å². The number of nitrogens with zero attached hydrogens (tertiary/aromatic N) is 5. The van der Waals surface area contributed by atoms with Crippen molar-refractivity contribution in [2.24, 2.45) is 0 Å². The van der Waals surface area contributed by atoms with E-state index in [9.17, 15) is 18.4 Å². The molecule has 1 aromatic carbocycles. The molecule has 3 rings (SSSR count). The van der Waals surface area contributed by atoms with Crippen molar-refractivity contribution in [1.82, 2.24) is 25.4 Å². The Morgan fingerprint density at radius 1 is 1.11 bits per heavy atom. The summed E-state index contributed by atoms with van der Waals surface area (Å²) in [4.78, 5) is 32.9. The third-order valence-corrected chi connectivity index (χ3v) is 5.40. The average Bonchev–Trinajstić information content (AvgIpc) is 3.37. The van der Waals surface area contributed by atoms with E-state index in [1.807, 2.05) is 19.0 Å². The van der Waals surface area contributed by atoms with E-state index in [0.29, 0.717) is 29.9 Å². The standard InChI is InChI=1S/C25H29F3N6O3/c1-25(28,16-30-20(35)10-7-13-33(2)3)24(36)34(19-8-5-4-6-9-19)15-18-12-11-17(14-29-18)22-31-32-23(37-22)21(26)27/h4-6,8-9,11-12,14,21H,7,10,13,15-16H2,1-3H3,(H,30,35). The number of halogens is 3. The van der Waals surface area contributed by atoms with Gasteiger partial charge in [-0.05, 0) is 58.3 Å². The van der Waals surface area contributed by atoms with Crippen molar-refractivity contribution in [1.29, 1.82) is 0 Å². The molecule has 0 saturated heterocycles. The van der Waals surface area contributed by atoms with Gasteiger partial charge in [-0.1, -0.05) is 18.2 Å². The number of anilines is 1. The fourth-order valence-electron chi connectivity index (χ4n) is 3.40. The minimum Gasteiger partial charge on any atom is -0.415 e. The molecule has 0 bridgehead atoms. The lowest BCUT2D eigenvalue weighted by Gasteiger charge is -2.29. The molecule has 0 saturated carbocycles. The highest BCUT2D eigenvalue weighted by molar-refractivity contribution is 5.99. The van der Waals surface area contributed by atoms with Gasteiger partial charge in [-0.2, -0.15) is 8.78 Å². The van der Waals surface area contributed by atoms with Gasteiger partial charge in [-0.3, -0.25) is 14.6 Å². The number of hydrogen-bond acceptors (Lipinski definition) is 7. The second kappa shape index (κ2) is 12.4. The largest absolute Gasteiger partial charge is 0.415 e. The number of aromatic nitrogens is 3. The highest BCUT2D eigenvalue weighted by atomic mass is 19.3. The van der Waals surface area contributed by atoms with Crippen molar-refractivity contribution >= 4 is 17.5 Å². The number of carbonyl (C=O) groups excluding carboxylic acids is 2. The summed E-state index contributed by atoms with van der Waals surface area (Å²) < 4.78 is 45.9. The molecule has 1 unspecified atom stereocenters. The van der Waals surface area contributed by atoms with E-state index in [1.54, 1.807) is 36.4 Å². The summed E-state index contributed by atoms with van der Waals surface area (Å²) in [6.07, 6.45) is -0.716. The van der Waals surface area contributed by atoms with Crippen LogP contribution in [-0.4, -0.2) is 64.7 Å². The number of amides is 2. The van der Waals surface area contributed by atoms with Gasteiger partial charge < -0.3 is 19.5 Å². The Hall–Kier alpha value is -3.80. The summed E-state index contributed by atoms with van der Waals surface area (Å²) in [5, 5.41) is 9.38. The van der Waals surface area contributed by atoms with Crippen molar-refractivity contribution in [3.05, 3.63) is 60.2 Å². The zero-order valence-corrected chi connectivity index (χ0v) is 20.8. The Labute approximate surface area is 212 Å². The molecule has 0 fully saturated rings. The minimum atomic E-state index is -2.89. The predicted octanol–water partition coefficient (Wildman–Crippen LogP) is 3.79. The monoisotopic (exact) mass is 518 g/mol. The van der Waals surface area contributed by atoms with E-state index in [0.717, 1.165) is 6.92 Å². The topological polar surface area (TPSA) is 104 Å². The van der Waals surface area contributed by atoms with Crippen LogP contribution in [0.25, 0.3) is 11.5 Å². The van der Waals surface area contributed by atoms with Crippen molar-refractivity contribution in [3.63, 3.8) is 0 Å². The average molecular weight is 519 g/mol. The molecule has 0 radical (unpaired) electrons. The summed E-state index contributed by atoms with van der Waals surface area (Å²) in [6.45, 7) is 1.28. The minimum absolute atomic E-state index is 0.0778. The molecule has 2 amide bonds. The Balaban J connectivity index is 1.72. The van der Waals surface area contributed by atoms with Gasteiger partial charge in [0.15, 0.2) is 0 Å². The van der Waals surface area contributed by atoms with Crippen molar-refractivity contribution in [2.45, 2.75) is 38.4 Å². The maximum absolute atomic E-state index is 15.6. The predicted molar refractivity (Wildman–Crippen MR) is 130 cm³/mol. The van der Waals surface area contributed by atoms with E-state index in [-0.39, 0.29) is 24.8 Å². The van der Waals surface area contributed by atoms with Crippen LogP contribution in [0.3, 0.4) is 0 Å². The molecule has 37 heavy (non-hydrogen) atoms. The maximum atomic E-state index is 15.6. The number of alkyl halides is 3. The first-order valence-corrected chi connectivity index (χ1v) is 11.6. The number of pyridine rings is 1. The first-order chi connectivity index (χ1) is 17.6. The maximum Gasteiger partial charge on any atom is 0.314 e. The Morgan fingerprint density at radius 3 is 2.43 bits per heavy atom. The number of hydrogen-bond donors (Lipinski definition) is 1.